The largest absolute Gasteiger partial charge is 0.504 e. The summed E-state index contributed by atoms with van der Waals surface area (Å²) in [5, 5.41) is 16.5. The van der Waals surface area contributed by atoms with Crippen LogP contribution in [0.15, 0.2) is 41.5 Å². The molecule has 0 aromatic heterocycles. The minimum absolute atomic E-state index is 0.0744. The van der Waals surface area contributed by atoms with E-state index in [1.54, 1.807) is 18.2 Å². The van der Waals surface area contributed by atoms with E-state index in [4.69, 9.17) is 4.74 Å². The minimum Gasteiger partial charge on any atom is -0.504 e. The van der Waals surface area contributed by atoms with Crippen LogP contribution in [-0.4, -0.2) is 36.8 Å². The molecule has 0 saturated heterocycles. The van der Waals surface area contributed by atoms with Crippen molar-refractivity contribution in [2.45, 2.75) is 52.4 Å². The number of hydrazone groups is 1. The molecule has 172 valence electrons. The fourth-order valence-corrected chi connectivity index (χ4v) is 2.91. The maximum atomic E-state index is 12.7. The molecule has 32 heavy (non-hydrogen) atoms. The van der Waals surface area contributed by atoms with Crippen LogP contribution in [0.1, 0.15) is 68.6 Å². The number of benzene rings is 2. The Hall–Kier alpha value is -3.35. The second-order valence-electron chi connectivity index (χ2n) is 9.67. The summed E-state index contributed by atoms with van der Waals surface area (Å²) in [5.74, 6) is -0.583. The number of aromatic hydroxyl groups is 1. The second kappa shape index (κ2) is 9.85. The van der Waals surface area contributed by atoms with Gasteiger partial charge in [-0.05, 0) is 46.2 Å². The fraction of sp³-hybridized carbons (Fsp3) is 0.400. The Bertz CT molecular complexity index is 983. The highest BCUT2D eigenvalue weighted by molar-refractivity contribution is 5.97. The van der Waals surface area contributed by atoms with Crippen molar-refractivity contribution < 1.29 is 19.4 Å². The summed E-state index contributed by atoms with van der Waals surface area (Å²) in [6, 6.07) is 10.8. The molecule has 0 heterocycles. The lowest BCUT2D eigenvalue weighted by Gasteiger charge is -2.26. The summed E-state index contributed by atoms with van der Waals surface area (Å²) in [4.78, 5) is 24.8. The number of para-hydroxylation sites is 1. The Kier molecular flexibility index (Phi) is 7.67. The van der Waals surface area contributed by atoms with E-state index >= 15 is 0 Å². The molecule has 2 amide bonds. The molecule has 0 aliphatic rings. The molecule has 0 saturated carbocycles. The van der Waals surface area contributed by atoms with Crippen molar-refractivity contribution in [1.29, 1.82) is 0 Å². The third-order valence-corrected chi connectivity index (χ3v) is 4.98. The summed E-state index contributed by atoms with van der Waals surface area (Å²) < 4.78 is 5.03. The number of ether oxygens (including phenoxy) is 1. The smallest absolute Gasteiger partial charge is 0.259 e. The van der Waals surface area contributed by atoms with Crippen molar-refractivity contribution in [2.24, 2.45) is 5.10 Å². The lowest BCUT2D eigenvalue weighted by atomic mass is 9.79. The van der Waals surface area contributed by atoms with Crippen LogP contribution in [-0.2, 0) is 15.6 Å². The Morgan fingerprint density at radius 2 is 1.62 bits per heavy atom. The average Bonchev–Trinajstić information content (AvgIpc) is 2.71. The highest BCUT2D eigenvalue weighted by Gasteiger charge is 2.22. The lowest BCUT2D eigenvalue weighted by Crippen LogP contribution is -2.35. The van der Waals surface area contributed by atoms with Gasteiger partial charge in [0.25, 0.3) is 11.8 Å². The van der Waals surface area contributed by atoms with Crippen LogP contribution in [0.4, 0.5) is 0 Å². The van der Waals surface area contributed by atoms with Gasteiger partial charge in [-0.15, -0.1) is 0 Å². The monoisotopic (exact) mass is 439 g/mol. The van der Waals surface area contributed by atoms with Crippen LogP contribution in [0.5, 0.6) is 11.5 Å². The van der Waals surface area contributed by atoms with Crippen molar-refractivity contribution in [1.82, 2.24) is 10.7 Å². The average molecular weight is 440 g/mol. The number of carbonyl (C=O) groups is 2. The van der Waals surface area contributed by atoms with E-state index in [1.165, 1.54) is 13.3 Å². The number of phenols is 1. The van der Waals surface area contributed by atoms with Crippen molar-refractivity contribution in [3.05, 3.63) is 58.7 Å². The van der Waals surface area contributed by atoms with Gasteiger partial charge >= 0.3 is 0 Å². The summed E-state index contributed by atoms with van der Waals surface area (Å²) >= 11 is 0. The van der Waals surface area contributed by atoms with Crippen LogP contribution in [0, 0.1) is 0 Å². The van der Waals surface area contributed by atoms with E-state index < -0.39 is 5.91 Å². The maximum absolute atomic E-state index is 12.7. The molecule has 7 nitrogen and oxygen atoms in total. The Morgan fingerprint density at radius 3 is 2.16 bits per heavy atom. The van der Waals surface area contributed by atoms with Gasteiger partial charge in [0, 0.05) is 11.1 Å². The molecule has 3 N–H and O–H groups in total. The maximum Gasteiger partial charge on any atom is 0.259 e. The molecule has 0 atom stereocenters. The Balaban J connectivity index is 2.05. The van der Waals surface area contributed by atoms with E-state index in [1.807, 2.05) is 12.1 Å². The normalized spacial score (nSPS) is 12.0. The van der Waals surface area contributed by atoms with Crippen LogP contribution >= 0.6 is 0 Å². The fourth-order valence-electron chi connectivity index (χ4n) is 2.91. The zero-order chi connectivity index (χ0) is 24.1. The first-order valence-electron chi connectivity index (χ1n) is 10.4. The van der Waals surface area contributed by atoms with Crippen molar-refractivity contribution >= 4 is 18.0 Å². The first-order chi connectivity index (χ1) is 14.8. The van der Waals surface area contributed by atoms with E-state index in [0.29, 0.717) is 16.9 Å². The van der Waals surface area contributed by atoms with Gasteiger partial charge in [-0.2, -0.15) is 5.10 Å². The first kappa shape index (κ1) is 24.9. The topological polar surface area (TPSA) is 100 Å². The van der Waals surface area contributed by atoms with Gasteiger partial charge in [-0.3, -0.25) is 9.59 Å². The minimum atomic E-state index is -0.486. The van der Waals surface area contributed by atoms with E-state index in [0.717, 1.165) is 11.1 Å². The standard InChI is InChI=1S/C25H33N3O4/c1-24(2,3)18-11-17(12-19(13-18)25(4,5)6)23(31)26-15-21(29)28-27-14-16-9-8-10-20(32-7)22(16)30/h8-14,30H,15H2,1-7H3,(H,26,31)(H,28,29). The number of hydrogen-bond acceptors (Lipinski definition) is 5. The number of carbonyl (C=O) groups excluding carboxylic acids is 2. The SMILES string of the molecule is COc1cccc(C=NNC(=O)CNC(=O)c2cc(C(C)(C)C)cc(C(C)(C)C)c2)c1O. The number of amides is 2. The van der Waals surface area contributed by atoms with E-state index in [2.05, 4.69) is 63.5 Å². The van der Waals surface area contributed by atoms with Gasteiger partial charge in [0.15, 0.2) is 11.5 Å². The molecule has 7 heteroatoms. The van der Waals surface area contributed by atoms with Gasteiger partial charge in [0.1, 0.15) is 0 Å². The number of methoxy groups -OCH3 is 1. The van der Waals surface area contributed by atoms with Crippen molar-refractivity contribution in [3.63, 3.8) is 0 Å². The first-order valence-corrected chi connectivity index (χ1v) is 10.4. The summed E-state index contributed by atoms with van der Waals surface area (Å²) in [7, 11) is 1.45. The summed E-state index contributed by atoms with van der Waals surface area (Å²) in [5.41, 5.74) is 5.12. The number of hydrogen-bond donors (Lipinski definition) is 3. The van der Waals surface area contributed by atoms with Gasteiger partial charge in [-0.1, -0.05) is 53.7 Å². The van der Waals surface area contributed by atoms with Gasteiger partial charge < -0.3 is 15.2 Å². The molecule has 0 radical (unpaired) electrons. The quantitative estimate of drug-likeness (QED) is 0.470. The molecule has 0 fully saturated rings. The van der Waals surface area contributed by atoms with E-state index in [-0.39, 0.29) is 29.0 Å². The number of nitrogens with zero attached hydrogens (tertiary/aromatic N) is 1. The zero-order valence-electron chi connectivity index (χ0n) is 19.9. The second-order valence-corrected chi connectivity index (χ2v) is 9.67. The molecular formula is C25H33N3O4. The third-order valence-electron chi connectivity index (χ3n) is 4.98. The van der Waals surface area contributed by atoms with Crippen LogP contribution < -0.4 is 15.5 Å². The predicted octanol–water partition coefficient (Wildman–Crippen LogP) is 3.88. The summed E-state index contributed by atoms with van der Waals surface area (Å²) in [6.45, 7) is 12.4. The van der Waals surface area contributed by atoms with Gasteiger partial charge in [-0.25, -0.2) is 5.43 Å². The molecule has 0 bridgehead atoms. The van der Waals surface area contributed by atoms with Gasteiger partial charge in [0.05, 0.1) is 19.9 Å². The van der Waals surface area contributed by atoms with Gasteiger partial charge in [0.2, 0.25) is 0 Å². The Morgan fingerprint density at radius 1 is 1.03 bits per heavy atom. The predicted molar refractivity (Wildman–Crippen MR) is 127 cm³/mol. The molecular weight excluding hydrogens is 406 g/mol. The Labute approximate surface area is 189 Å². The highest BCUT2D eigenvalue weighted by atomic mass is 16.5. The van der Waals surface area contributed by atoms with Crippen molar-refractivity contribution in [3.8, 4) is 11.5 Å². The zero-order valence-corrected chi connectivity index (χ0v) is 19.9. The van der Waals surface area contributed by atoms with Crippen LogP contribution in [0.25, 0.3) is 0 Å². The number of nitrogens with one attached hydrogen (secondary N) is 2. The van der Waals surface area contributed by atoms with Crippen LogP contribution in [0.2, 0.25) is 0 Å². The van der Waals surface area contributed by atoms with E-state index in [9.17, 15) is 14.7 Å². The molecule has 0 aliphatic heterocycles. The molecule has 2 aromatic rings. The molecule has 2 rings (SSSR count). The van der Waals surface area contributed by atoms with Crippen LogP contribution in [0.3, 0.4) is 0 Å². The summed E-state index contributed by atoms with van der Waals surface area (Å²) in [6.07, 6.45) is 1.31. The highest BCUT2D eigenvalue weighted by Crippen LogP contribution is 2.30. The molecule has 0 spiro atoms. The number of phenolic OH excluding ortho intramolecular Hbond substituents is 1. The molecule has 2 aromatic carbocycles. The van der Waals surface area contributed by atoms with Crippen molar-refractivity contribution in [2.75, 3.05) is 13.7 Å². The third kappa shape index (κ3) is 6.57. The molecule has 0 unspecified atom stereocenters. The lowest BCUT2D eigenvalue weighted by molar-refractivity contribution is -0.120. The molecule has 0 aliphatic carbocycles. The number of rotatable bonds is 6.